The molecular formula is C87H73N7O19. The Morgan fingerprint density at radius 1 is 0.319 bits per heavy atom. The van der Waals surface area contributed by atoms with Crippen molar-refractivity contribution in [1.29, 1.82) is 0 Å². The first kappa shape index (κ1) is 77.5. The van der Waals surface area contributed by atoms with Gasteiger partial charge >= 0.3 is 0 Å². The van der Waals surface area contributed by atoms with Crippen LogP contribution in [0.2, 0.25) is 0 Å². The van der Waals surface area contributed by atoms with E-state index in [2.05, 4.69) is 31.9 Å². The van der Waals surface area contributed by atoms with Crippen LogP contribution in [-0.4, -0.2) is 82.2 Å². The highest BCUT2D eigenvalue weighted by Crippen LogP contribution is 2.37. The molecule has 0 unspecified atom stereocenters. The number of fused-ring (bicyclic) bond motifs is 6. The minimum Gasteiger partial charge on any atom is -0.497 e. The molecule has 7 amide bonds. The zero-order chi connectivity index (χ0) is 80.5. The third-order valence-corrected chi connectivity index (χ3v) is 17.6. The lowest BCUT2D eigenvalue weighted by Gasteiger charge is -2.09. The SMILES string of the molecule is CN(C)C=O.COc1ccc(NC(=O)c2oc3ccccc3c2NC(=O)c2cc(=O)c3c(C)cc(C)cc3o2)cc1.COc1ccc(NC(=O)c2oc3ccccc3c2NC(=O)c2cc(=O)c3c(C)cc(C)cc3o2)cc1.COc1ccc(NC(=O)c2oc3ccccc3c2NC(=O)c2cc(=O)c3c(C)cc(C)cc3o2)cc1. The lowest BCUT2D eigenvalue weighted by Crippen LogP contribution is -2.18. The van der Waals surface area contributed by atoms with Gasteiger partial charge < -0.3 is 77.5 Å². The fraction of sp³-hybridized carbons (Fsp3) is 0.126. The van der Waals surface area contributed by atoms with E-state index in [-0.39, 0.29) is 67.9 Å². The number of furan rings is 3. The second-order valence-corrected chi connectivity index (χ2v) is 26.2. The number of nitrogens with zero attached hydrogens (tertiary/aromatic N) is 1. The van der Waals surface area contributed by atoms with Crippen LogP contribution in [0.25, 0.3) is 65.8 Å². The zero-order valence-corrected chi connectivity index (χ0v) is 62.8. The molecule has 113 heavy (non-hydrogen) atoms. The van der Waals surface area contributed by atoms with Crippen LogP contribution >= 0.6 is 0 Å². The average Bonchev–Trinajstić information content (AvgIpc) is 1.71. The van der Waals surface area contributed by atoms with Crippen molar-refractivity contribution in [1.82, 2.24) is 4.90 Å². The molecule has 26 nitrogen and oxygen atoms in total. The van der Waals surface area contributed by atoms with Crippen molar-refractivity contribution in [3.05, 3.63) is 299 Å². The summed E-state index contributed by atoms with van der Waals surface area (Å²) in [7, 11) is 8.03. The fourth-order valence-electron chi connectivity index (χ4n) is 12.4. The van der Waals surface area contributed by atoms with Crippen LogP contribution in [0.5, 0.6) is 17.2 Å². The Labute approximate surface area is 642 Å². The van der Waals surface area contributed by atoms with Crippen molar-refractivity contribution in [3.63, 3.8) is 0 Å². The number of carbonyl (C=O) groups excluding carboxylic acids is 7. The maximum Gasteiger partial charge on any atom is 0.293 e. The van der Waals surface area contributed by atoms with E-state index in [4.69, 9.17) is 40.7 Å². The van der Waals surface area contributed by atoms with Crippen molar-refractivity contribution >= 4 is 142 Å². The predicted molar refractivity (Wildman–Crippen MR) is 431 cm³/mol. The molecule has 570 valence electrons. The van der Waals surface area contributed by atoms with Gasteiger partial charge in [0.1, 0.15) is 67.8 Å². The molecule has 15 aromatic rings. The first-order chi connectivity index (χ1) is 54.3. The van der Waals surface area contributed by atoms with Gasteiger partial charge in [-0.15, -0.1) is 0 Å². The highest BCUT2D eigenvalue weighted by Gasteiger charge is 2.29. The van der Waals surface area contributed by atoms with Gasteiger partial charge in [-0.3, -0.25) is 47.9 Å². The molecule has 6 aromatic heterocycles. The quantitative estimate of drug-likeness (QED) is 0.0489. The maximum absolute atomic E-state index is 13.2. The molecule has 9 aromatic carbocycles. The summed E-state index contributed by atoms with van der Waals surface area (Å²) in [6, 6.07) is 55.4. The molecule has 0 atom stereocenters. The van der Waals surface area contributed by atoms with Gasteiger partial charge in [0.15, 0.2) is 33.6 Å². The molecule has 0 saturated heterocycles. The summed E-state index contributed by atoms with van der Waals surface area (Å²) in [5, 5.41) is 19.2. The number of hydrogen-bond acceptors (Lipinski definition) is 19. The van der Waals surface area contributed by atoms with Crippen LogP contribution in [0.15, 0.2) is 241 Å². The molecule has 6 N–H and O–H groups in total. The molecule has 0 bridgehead atoms. The molecule has 0 aliphatic heterocycles. The Morgan fingerprint density at radius 3 is 0.805 bits per heavy atom. The Morgan fingerprint density at radius 2 is 0.566 bits per heavy atom. The summed E-state index contributed by atoms with van der Waals surface area (Å²) < 4.78 is 50.2. The number of ether oxygens (including phenoxy) is 3. The molecule has 0 spiro atoms. The van der Waals surface area contributed by atoms with Gasteiger partial charge in [-0.2, -0.15) is 0 Å². The van der Waals surface area contributed by atoms with E-state index >= 15 is 0 Å². The van der Waals surface area contributed by atoms with Crippen LogP contribution in [0.3, 0.4) is 0 Å². The summed E-state index contributed by atoms with van der Waals surface area (Å²) in [5.41, 5.74) is 8.30. The number of carbonyl (C=O) groups is 7. The number of amides is 7. The average molecular weight is 1520 g/mol. The third kappa shape index (κ3) is 17.4. The van der Waals surface area contributed by atoms with Gasteiger partial charge in [-0.1, -0.05) is 54.6 Å². The molecule has 0 aliphatic carbocycles. The number of methoxy groups -OCH3 is 3. The maximum atomic E-state index is 13.2. The highest BCUT2D eigenvalue weighted by molar-refractivity contribution is 6.19. The molecule has 0 fully saturated rings. The van der Waals surface area contributed by atoms with Crippen molar-refractivity contribution in [3.8, 4) is 17.2 Å². The largest absolute Gasteiger partial charge is 0.497 e. The Balaban J connectivity index is 0.000000152. The number of nitrogens with one attached hydrogen (secondary N) is 6. The third-order valence-electron chi connectivity index (χ3n) is 17.6. The lowest BCUT2D eigenvalue weighted by atomic mass is 10.1. The van der Waals surface area contributed by atoms with Crippen LogP contribution in [0.4, 0.5) is 34.1 Å². The van der Waals surface area contributed by atoms with Crippen LogP contribution < -0.4 is 62.4 Å². The monoisotopic (exact) mass is 1520 g/mol. The highest BCUT2D eigenvalue weighted by atomic mass is 16.5. The molecule has 0 saturated carbocycles. The predicted octanol–water partition coefficient (Wildman–Crippen LogP) is 16.7. The van der Waals surface area contributed by atoms with E-state index in [9.17, 15) is 47.9 Å². The topological polar surface area (TPSA) is 353 Å². The van der Waals surface area contributed by atoms with E-state index in [1.807, 2.05) is 59.7 Å². The fourth-order valence-corrected chi connectivity index (χ4v) is 12.4. The van der Waals surface area contributed by atoms with Crippen LogP contribution in [0.1, 0.15) is 96.7 Å². The smallest absolute Gasteiger partial charge is 0.293 e. The summed E-state index contributed by atoms with van der Waals surface area (Å²) in [4.78, 5) is 128. The second kappa shape index (κ2) is 33.6. The van der Waals surface area contributed by atoms with Gasteiger partial charge in [0.05, 0.1) is 37.5 Å². The Bertz CT molecular complexity index is 5820. The summed E-state index contributed by atoms with van der Waals surface area (Å²) in [6.45, 7) is 11.1. The van der Waals surface area contributed by atoms with E-state index in [0.29, 0.717) is 100 Å². The first-order valence-electron chi connectivity index (χ1n) is 34.9. The lowest BCUT2D eigenvalue weighted by molar-refractivity contribution is -0.115. The van der Waals surface area contributed by atoms with Crippen LogP contribution in [0, 0.1) is 41.5 Å². The summed E-state index contributed by atoms with van der Waals surface area (Å²) >= 11 is 0. The Hall–Kier alpha value is -15.1. The van der Waals surface area contributed by atoms with Crippen molar-refractivity contribution in [2.45, 2.75) is 41.5 Å². The standard InChI is InChI=1S/3C28H22N2O6.C3H7NO/c3*1-15-12-16(2)24-20(31)14-23(35-22(24)13-15)27(32)30-25-19-6-4-5-7-21(19)36-26(25)28(33)29-17-8-10-18(34-3)11-9-17;1-4(2)3-5/h3*4-14H,1-3H3,(H,29,33)(H,30,32);3H,1-2H3. The van der Waals surface area contributed by atoms with Crippen LogP contribution in [-0.2, 0) is 4.79 Å². The number of aryl methyl sites for hydroxylation is 6. The number of hydrogen-bond donors (Lipinski definition) is 6. The molecule has 0 radical (unpaired) electrons. The van der Waals surface area contributed by atoms with Gasteiger partial charge in [0.2, 0.25) is 23.7 Å². The van der Waals surface area contributed by atoms with Gasteiger partial charge in [-0.05, 0) is 202 Å². The van der Waals surface area contributed by atoms with E-state index in [0.717, 1.165) is 58.0 Å². The van der Waals surface area contributed by atoms with Crippen molar-refractivity contribution in [2.24, 2.45) is 0 Å². The molecule has 0 aliphatic rings. The summed E-state index contributed by atoms with van der Waals surface area (Å²) in [6.07, 6.45) is 0.750. The van der Waals surface area contributed by atoms with E-state index < -0.39 is 35.4 Å². The first-order valence-corrected chi connectivity index (χ1v) is 34.9. The number of benzene rings is 9. The second-order valence-electron chi connectivity index (χ2n) is 26.2. The molecule has 6 heterocycles. The number of rotatable bonds is 16. The van der Waals surface area contributed by atoms with Crippen molar-refractivity contribution in [2.75, 3.05) is 67.3 Å². The Kier molecular flexibility index (Phi) is 23.1. The van der Waals surface area contributed by atoms with Crippen molar-refractivity contribution < 1.29 is 74.3 Å². The van der Waals surface area contributed by atoms with E-state index in [1.54, 1.807) is 199 Å². The number of para-hydroxylation sites is 3. The van der Waals surface area contributed by atoms with Gasteiger partial charge in [0, 0.05) is 65.5 Å². The van der Waals surface area contributed by atoms with E-state index in [1.165, 1.54) is 4.90 Å². The normalized spacial score (nSPS) is 10.8. The van der Waals surface area contributed by atoms with Gasteiger partial charge in [0.25, 0.3) is 35.4 Å². The molecule has 15 rings (SSSR count). The zero-order valence-electron chi connectivity index (χ0n) is 62.8. The van der Waals surface area contributed by atoms with Gasteiger partial charge in [-0.25, -0.2) is 0 Å². The minimum absolute atomic E-state index is 0.0878. The summed E-state index contributed by atoms with van der Waals surface area (Å²) in [5.74, 6) is -2.58. The molecular weight excluding hydrogens is 1450 g/mol. The minimum atomic E-state index is -0.682. The number of anilines is 6. The molecule has 26 heteroatoms.